The van der Waals surface area contributed by atoms with Crippen LogP contribution in [0, 0.1) is 11.8 Å². The van der Waals surface area contributed by atoms with Gasteiger partial charge in [-0.05, 0) is 38.3 Å². The molecule has 7 heteroatoms. The number of fused-ring (bicyclic) bond motifs is 1. The molecule has 0 spiro atoms. The SMILES string of the molecule is CCOc1cccc2cc(C(C)NC(=O)N3CC(C)CC(C(=O)O)C3)oc12. The predicted octanol–water partition coefficient (Wildman–Crippen LogP) is 3.64. The molecule has 7 nitrogen and oxygen atoms in total. The second-order valence-electron chi connectivity index (χ2n) is 7.21. The van der Waals surface area contributed by atoms with Gasteiger partial charge in [0.25, 0.3) is 0 Å². The van der Waals surface area contributed by atoms with E-state index in [9.17, 15) is 14.7 Å². The second kappa shape index (κ2) is 7.90. The van der Waals surface area contributed by atoms with Gasteiger partial charge in [-0.15, -0.1) is 0 Å². The molecule has 1 aliphatic heterocycles. The van der Waals surface area contributed by atoms with Crippen LogP contribution >= 0.6 is 0 Å². The van der Waals surface area contributed by atoms with Crippen LogP contribution in [0.1, 0.15) is 39.0 Å². The first kappa shape index (κ1) is 19.1. The van der Waals surface area contributed by atoms with Crippen LogP contribution in [0.25, 0.3) is 11.0 Å². The third kappa shape index (κ3) is 4.18. The van der Waals surface area contributed by atoms with E-state index in [4.69, 9.17) is 9.15 Å². The van der Waals surface area contributed by atoms with Gasteiger partial charge in [-0.1, -0.05) is 19.1 Å². The van der Waals surface area contributed by atoms with E-state index in [0.717, 1.165) is 5.39 Å². The van der Waals surface area contributed by atoms with Gasteiger partial charge in [-0.25, -0.2) is 4.79 Å². The molecule has 3 unspecified atom stereocenters. The van der Waals surface area contributed by atoms with Crippen LogP contribution in [-0.2, 0) is 4.79 Å². The number of ether oxygens (including phenoxy) is 1. The second-order valence-corrected chi connectivity index (χ2v) is 7.21. The highest BCUT2D eigenvalue weighted by Gasteiger charge is 2.32. The average Bonchev–Trinajstić information content (AvgIpc) is 3.07. The maximum absolute atomic E-state index is 12.6. The van der Waals surface area contributed by atoms with Crippen molar-refractivity contribution in [2.24, 2.45) is 11.8 Å². The van der Waals surface area contributed by atoms with Gasteiger partial charge in [0.2, 0.25) is 0 Å². The summed E-state index contributed by atoms with van der Waals surface area (Å²) in [6.07, 6.45) is 0.596. The predicted molar refractivity (Wildman–Crippen MR) is 101 cm³/mol. The maximum Gasteiger partial charge on any atom is 0.318 e. The normalized spacial score (nSPS) is 21.1. The van der Waals surface area contributed by atoms with Crippen LogP contribution in [0.15, 0.2) is 28.7 Å². The summed E-state index contributed by atoms with van der Waals surface area (Å²) in [5, 5.41) is 13.1. The van der Waals surface area contributed by atoms with Crippen molar-refractivity contribution in [3.8, 4) is 5.75 Å². The molecule has 3 atom stereocenters. The summed E-state index contributed by atoms with van der Waals surface area (Å²) in [4.78, 5) is 25.5. The molecular weight excluding hydrogens is 348 g/mol. The van der Waals surface area contributed by atoms with Crippen LogP contribution in [0.3, 0.4) is 0 Å². The fourth-order valence-corrected chi connectivity index (χ4v) is 3.58. The molecule has 1 saturated heterocycles. The summed E-state index contributed by atoms with van der Waals surface area (Å²) in [6.45, 7) is 7.05. The first-order chi connectivity index (χ1) is 12.9. The third-order valence-electron chi connectivity index (χ3n) is 4.89. The average molecular weight is 374 g/mol. The molecule has 1 aromatic carbocycles. The van der Waals surface area contributed by atoms with Gasteiger partial charge in [-0.3, -0.25) is 4.79 Å². The van der Waals surface area contributed by atoms with Crippen molar-refractivity contribution in [1.29, 1.82) is 0 Å². The number of nitrogens with one attached hydrogen (secondary N) is 1. The molecule has 1 aromatic heterocycles. The highest BCUT2D eigenvalue weighted by Crippen LogP contribution is 2.31. The molecule has 0 bridgehead atoms. The minimum atomic E-state index is -0.854. The van der Waals surface area contributed by atoms with Gasteiger partial charge in [0.1, 0.15) is 5.76 Å². The summed E-state index contributed by atoms with van der Waals surface area (Å²) < 4.78 is 11.5. The van der Waals surface area contributed by atoms with E-state index in [-0.39, 0.29) is 24.5 Å². The lowest BCUT2D eigenvalue weighted by atomic mass is 9.91. The molecular formula is C20H26N2O5. The Morgan fingerprint density at radius 2 is 2.19 bits per heavy atom. The topological polar surface area (TPSA) is 92.0 Å². The molecule has 2 heterocycles. The highest BCUT2D eigenvalue weighted by atomic mass is 16.5. The fourth-order valence-electron chi connectivity index (χ4n) is 3.58. The summed E-state index contributed by atoms with van der Waals surface area (Å²) in [5.74, 6) is 0.0861. The van der Waals surface area contributed by atoms with Crippen molar-refractivity contribution in [3.63, 3.8) is 0 Å². The van der Waals surface area contributed by atoms with Gasteiger partial charge >= 0.3 is 12.0 Å². The summed E-state index contributed by atoms with van der Waals surface area (Å²) in [6, 6.07) is 6.96. The van der Waals surface area contributed by atoms with Crippen molar-refractivity contribution in [3.05, 3.63) is 30.0 Å². The Morgan fingerprint density at radius 3 is 2.89 bits per heavy atom. The third-order valence-corrected chi connectivity index (χ3v) is 4.89. The molecule has 0 aliphatic carbocycles. The van der Waals surface area contributed by atoms with Gasteiger partial charge in [0, 0.05) is 18.5 Å². The van der Waals surface area contributed by atoms with E-state index >= 15 is 0 Å². The van der Waals surface area contributed by atoms with E-state index in [0.29, 0.717) is 36.7 Å². The summed E-state index contributed by atoms with van der Waals surface area (Å²) in [5.41, 5.74) is 0.660. The molecule has 1 fully saturated rings. The van der Waals surface area contributed by atoms with Gasteiger partial charge in [0.05, 0.1) is 18.6 Å². The number of aliphatic carboxylic acids is 1. The minimum absolute atomic E-state index is 0.154. The Balaban J connectivity index is 1.72. The molecule has 2 N–H and O–H groups in total. The fraction of sp³-hybridized carbons (Fsp3) is 0.500. The van der Waals surface area contributed by atoms with Crippen molar-refractivity contribution in [2.45, 2.75) is 33.2 Å². The standard InChI is InChI=1S/C20H26N2O5/c1-4-26-16-7-5-6-14-9-17(27-18(14)16)13(3)21-20(25)22-10-12(2)8-15(11-22)19(23)24/h5-7,9,12-13,15H,4,8,10-11H2,1-3H3,(H,21,25)(H,23,24). The number of piperidine rings is 1. The maximum atomic E-state index is 12.6. The largest absolute Gasteiger partial charge is 0.490 e. The van der Waals surface area contributed by atoms with Crippen LogP contribution in [0.5, 0.6) is 5.75 Å². The van der Waals surface area contributed by atoms with E-state index in [2.05, 4.69) is 5.32 Å². The number of carbonyl (C=O) groups is 2. The Hall–Kier alpha value is -2.70. The van der Waals surface area contributed by atoms with Gasteiger partial charge < -0.3 is 24.5 Å². The zero-order valence-electron chi connectivity index (χ0n) is 15.9. The molecule has 3 rings (SSSR count). The number of carboxylic acid groups (broad SMARTS) is 1. The Kier molecular flexibility index (Phi) is 5.58. The number of rotatable bonds is 5. The Labute approximate surface area is 158 Å². The molecule has 0 radical (unpaired) electrons. The number of amides is 2. The number of nitrogens with zero attached hydrogens (tertiary/aromatic N) is 1. The number of para-hydroxylation sites is 1. The van der Waals surface area contributed by atoms with Crippen LogP contribution in [0.4, 0.5) is 4.79 Å². The van der Waals surface area contributed by atoms with Crippen molar-refractivity contribution >= 4 is 23.0 Å². The minimum Gasteiger partial charge on any atom is -0.490 e. The molecule has 2 amide bonds. The number of urea groups is 1. The Morgan fingerprint density at radius 1 is 1.41 bits per heavy atom. The Bertz CT molecular complexity index is 831. The number of hydrogen-bond donors (Lipinski definition) is 2. The van der Waals surface area contributed by atoms with E-state index < -0.39 is 11.9 Å². The quantitative estimate of drug-likeness (QED) is 0.833. The van der Waals surface area contributed by atoms with Crippen LogP contribution in [-0.4, -0.2) is 41.7 Å². The number of carboxylic acids is 1. The lowest BCUT2D eigenvalue weighted by Crippen LogP contribution is -2.49. The van der Waals surface area contributed by atoms with Crippen LogP contribution in [0.2, 0.25) is 0 Å². The van der Waals surface area contributed by atoms with Gasteiger partial charge in [-0.2, -0.15) is 0 Å². The van der Waals surface area contributed by atoms with Crippen LogP contribution < -0.4 is 10.1 Å². The van der Waals surface area contributed by atoms with Crippen molar-refractivity contribution in [1.82, 2.24) is 10.2 Å². The smallest absolute Gasteiger partial charge is 0.318 e. The molecule has 146 valence electrons. The van der Waals surface area contributed by atoms with Gasteiger partial charge in [0.15, 0.2) is 11.3 Å². The van der Waals surface area contributed by atoms with Crippen molar-refractivity contribution in [2.75, 3.05) is 19.7 Å². The first-order valence-electron chi connectivity index (χ1n) is 9.32. The number of likely N-dealkylation sites (tertiary alicyclic amines) is 1. The lowest BCUT2D eigenvalue weighted by Gasteiger charge is -2.35. The number of benzene rings is 1. The number of carbonyl (C=O) groups excluding carboxylic acids is 1. The molecule has 27 heavy (non-hydrogen) atoms. The van der Waals surface area contributed by atoms with Crippen molar-refractivity contribution < 1.29 is 23.8 Å². The number of furan rings is 1. The molecule has 0 saturated carbocycles. The molecule has 2 aromatic rings. The monoisotopic (exact) mass is 374 g/mol. The summed E-state index contributed by atoms with van der Waals surface area (Å²) in [7, 11) is 0. The zero-order valence-corrected chi connectivity index (χ0v) is 15.9. The first-order valence-corrected chi connectivity index (χ1v) is 9.32. The van der Waals surface area contributed by atoms with E-state index in [1.165, 1.54) is 0 Å². The lowest BCUT2D eigenvalue weighted by molar-refractivity contribution is -0.143. The zero-order chi connectivity index (χ0) is 19.6. The highest BCUT2D eigenvalue weighted by molar-refractivity contribution is 5.84. The molecule has 1 aliphatic rings. The number of hydrogen-bond acceptors (Lipinski definition) is 4. The van der Waals surface area contributed by atoms with E-state index in [1.807, 2.05) is 45.0 Å². The van der Waals surface area contributed by atoms with E-state index in [1.54, 1.807) is 4.90 Å². The summed E-state index contributed by atoms with van der Waals surface area (Å²) >= 11 is 0.